The maximum absolute atomic E-state index is 12.2. The summed E-state index contributed by atoms with van der Waals surface area (Å²) in [6, 6.07) is 7.35. The lowest BCUT2D eigenvalue weighted by atomic mass is 10.1. The molecule has 0 saturated carbocycles. The van der Waals surface area contributed by atoms with E-state index in [1.807, 2.05) is 6.07 Å². The van der Waals surface area contributed by atoms with Crippen LogP contribution < -0.4 is 5.32 Å². The summed E-state index contributed by atoms with van der Waals surface area (Å²) in [6.07, 6.45) is 3.05. The van der Waals surface area contributed by atoms with Crippen molar-refractivity contribution >= 4 is 40.9 Å². The number of rotatable bonds is 6. The zero-order valence-corrected chi connectivity index (χ0v) is 16.5. The number of halogens is 2. The minimum Gasteiger partial charge on any atom is -0.457 e. The number of ether oxygens (including phenoxy) is 1. The molecule has 1 unspecified atom stereocenters. The largest absolute Gasteiger partial charge is 0.457 e. The molecule has 1 fully saturated rings. The van der Waals surface area contributed by atoms with Gasteiger partial charge in [-0.25, -0.2) is 0 Å². The molecule has 0 radical (unpaired) electrons. The molecule has 2 aromatic rings. The van der Waals surface area contributed by atoms with Crippen LogP contribution >= 0.6 is 23.2 Å². The Labute approximate surface area is 175 Å². The molecule has 0 aliphatic carbocycles. The number of carbonyl (C=O) groups is 1. The van der Waals surface area contributed by atoms with Gasteiger partial charge in [0, 0.05) is 30.9 Å². The Morgan fingerprint density at radius 1 is 1.38 bits per heavy atom. The third kappa shape index (κ3) is 4.95. The van der Waals surface area contributed by atoms with Crippen LogP contribution in [0, 0.1) is 21.4 Å². The molecular weight excluding hydrogens is 421 g/mol. The van der Waals surface area contributed by atoms with Gasteiger partial charge in [-0.2, -0.15) is 5.26 Å². The minimum absolute atomic E-state index is 0.0445. The van der Waals surface area contributed by atoms with Gasteiger partial charge >= 0.3 is 0 Å². The van der Waals surface area contributed by atoms with Gasteiger partial charge in [-0.1, -0.05) is 23.2 Å². The van der Waals surface area contributed by atoms with E-state index < -0.39 is 10.8 Å². The zero-order valence-electron chi connectivity index (χ0n) is 15.0. The SMILES string of the molecule is N#C/C(=C\c1ccc(-c2cc([N+](=O)[O-])c(Cl)cc2Cl)o1)C(=O)NCC1CCCO1. The molecule has 2 heterocycles. The van der Waals surface area contributed by atoms with Gasteiger partial charge in [0.25, 0.3) is 11.6 Å². The maximum atomic E-state index is 12.2. The Kier molecular flexibility index (Phi) is 6.54. The van der Waals surface area contributed by atoms with E-state index in [-0.39, 0.29) is 44.5 Å². The van der Waals surface area contributed by atoms with Crippen molar-refractivity contribution in [1.82, 2.24) is 5.32 Å². The Morgan fingerprint density at radius 3 is 2.83 bits per heavy atom. The molecule has 1 N–H and O–H groups in total. The van der Waals surface area contributed by atoms with E-state index in [0.717, 1.165) is 12.8 Å². The van der Waals surface area contributed by atoms with Crippen molar-refractivity contribution in [1.29, 1.82) is 5.26 Å². The smallest absolute Gasteiger partial charge is 0.288 e. The first kappa shape index (κ1) is 20.9. The number of carbonyl (C=O) groups excluding carboxylic acids is 1. The summed E-state index contributed by atoms with van der Waals surface area (Å²) in [5.41, 5.74) is -0.188. The summed E-state index contributed by atoms with van der Waals surface area (Å²) < 4.78 is 11.0. The third-order valence-corrected chi connectivity index (χ3v) is 4.91. The molecule has 3 rings (SSSR count). The van der Waals surface area contributed by atoms with Crippen molar-refractivity contribution < 1.29 is 18.9 Å². The van der Waals surface area contributed by atoms with E-state index in [2.05, 4.69) is 5.32 Å². The fourth-order valence-corrected chi connectivity index (χ4v) is 3.38. The lowest BCUT2D eigenvalue weighted by Crippen LogP contribution is -2.32. The Bertz CT molecular complexity index is 1020. The van der Waals surface area contributed by atoms with Crippen LogP contribution in [0.4, 0.5) is 5.69 Å². The quantitative estimate of drug-likeness (QED) is 0.311. The van der Waals surface area contributed by atoms with Crippen LogP contribution in [0.5, 0.6) is 0 Å². The van der Waals surface area contributed by atoms with Crippen LogP contribution in [0.2, 0.25) is 10.0 Å². The van der Waals surface area contributed by atoms with Crippen molar-refractivity contribution in [2.24, 2.45) is 0 Å². The average molecular weight is 436 g/mol. The van der Waals surface area contributed by atoms with Gasteiger partial charge in [0.2, 0.25) is 0 Å². The summed E-state index contributed by atoms with van der Waals surface area (Å²) >= 11 is 12.0. The molecule has 8 nitrogen and oxygen atoms in total. The number of nitro benzene ring substituents is 1. The van der Waals surface area contributed by atoms with Gasteiger partial charge < -0.3 is 14.5 Å². The van der Waals surface area contributed by atoms with Crippen molar-refractivity contribution in [3.05, 3.63) is 55.8 Å². The second-order valence-electron chi connectivity index (χ2n) is 6.26. The third-order valence-electron chi connectivity index (χ3n) is 4.29. The monoisotopic (exact) mass is 435 g/mol. The highest BCUT2D eigenvalue weighted by molar-refractivity contribution is 6.37. The van der Waals surface area contributed by atoms with Gasteiger partial charge in [0.05, 0.1) is 16.0 Å². The van der Waals surface area contributed by atoms with Crippen molar-refractivity contribution in [3.8, 4) is 17.4 Å². The molecule has 1 aliphatic heterocycles. The van der Waals surface area contributed by atoms with Crippen LogP contribution in [-0.2, 0) is 9.53 Å². The number of nitriles is 1. The number of furan rings is 1. The van der Waals surface area contributed by atoms with E-state index in [9.17, 15) is 20.2 Å². The first-order valence-electron chi connectivity index (χ1n) is 8.64. The normalized spacial score (nSPS) is 16.4. The van der Waals surface area contributed by atoms with Crippen LogP contribution in [-0.4, -0.2) is 30.1 Å². The second kappa shape index (κ2) is 9.09. The average Bonchev–Trinajstić information content (AvgIpc) is 3.36. The van der Waals surface area contributed by atoms with Crippen molar-refractivity contribution in [2.45, 2.75) is 18.9 Å². The number of hydrogen-bond acceptors (Lipinski definition) is 6. The van der Waals surface area contributed by atoms with Crippen LogP contribution in [0.1, 0.15) is 18.6 Å². The van der Waals surface area contributed by atoms with E-state index in [1.54, 1.807) is 0 Å². The van der Waals surface area contributed by atoms with Gasteiger partial charge in [-0.05, 0) is 31.0 Å². The lowest BCUT2D eigenvalue weighted by Gasteiger charge is -2.09. The first-order valence-corrected chi connectivity index (χ1v) is 9.40. The first-order chi connectivity index (χ1) is 13.9. The summed E-state index contributed by atoms with van der Waals surface area (Å²) in [5, 5.41) is 23.1. The highest BCUT2D eigenvalue weighted by Gasteiger charge is 2.20. The molecule has 1 aliphatic rings. The number of nitrogens with zero attached hydrogens (tertiary/aromatic N) is 2. The fourth-order valence-electron chi connectivity index (χ4n) is 2.84. The topological polar surface area (TPSA) is 118 Å². The minimum atomic E-state index is -0.627. The molecule has 1 saturated heterocycles. The van der Waals surface area contributed by atoms with Gasteiger partial charge in [-0.15, -0.1) is 0 Å². The van der Waals surface area contributed by atoms with Crippen molar-refractivity contribution in [3.63, 3.8) is 0 Å². The molecule has 10 heteroatoms. The maximum Gasteiger partial charge on any atom is 0.288 e. The Balaban J connectivity index is 1.79. The predicted molar refractivity (Wildman–Crippen MR) is 106 cm³/mol. The number of nitro groups is 1. The molecule has 1 aromatic heterocycles. The molecule has 29 heavy (non-hydrogen) atoms. The predicted octanol–water partition coefficient (Wildman–Crippen LogP) is 4.36. The zero-order chi connectivity index (χ0) is 21.0. The van der Waals surface area contributed by atoms with E-state index in [1.165, 1.54) is 30.3 Å². The summed E-state index contributed by atoms with van der Waals surface area (Å²) in [4.78, 5) is 22.7. The van der Waals surface area contributed by atoms with Gasteiger partial charge in [0.15, 0.2) is 0 Å². The number of hydrogen-bond donors (Lipinski definition) is 1. The summed E-state index contributed by atoms with van der Waals surface area (Å²) in [7, 11) is 0. The molecule has 1 amide bonds. The molecule has 0 spiro atoms. The van der Waals surface area contributed by atoms with E-state index >= 15 is 0 Å². The van der Waals surface area contributed by atoms with Crippen LogP contribution in [0.15, 0.2) is 34.3 Å². The van der Waals surface area contributed by atoms with E-state index in [4.69, 9.17) is 32.4 Å². The standard InChI is InChI=1S/C19H15Cl2N3O5/c20-15-8-16(21)17(24(26)27)7-14(15)18-4-3-12(29-18)6-11(9-22)19(25)23-10-13-2-1-5-28-13/h3-4,6-8,13H,1-2,5,10H2,(H,23,25)/b11-6+. The molecule has 0 bridgehead atoms. The fraction of sp³-hybridized carbons (Fsp3) is 0.263. The molecule has 1 aromatic carbocycles. The van der Waals surface area contributed by atoms with Crippen LogP contribution in [0.3, 0.4) is 0 Å². The van der Waals surface area contributed by atoms with Gasteiger partial charge in [0.1, 0.15) is 28.2 Å². The van der Waals surface area contributed by atoms with Gasteiger partial charge in [-0.3, -0.25) is 14.9 Å². The van der Waals surface area contributed by atoms with E-state index in [0.29, 0.717) is 13.2 Å². The Hall–Kier alpha value is -2.86. The highest BCUT2D eigenvalue weighted by atomic mass is 35.5. The Morgan fingerprint density at radius 2 is 2.17 bits per heavy atom. The second-order valence-corrected chi connectivity index (χ2v) is 7.07. The lowest BCUT2D eigenvalue weighted by molar-refractivity contribution is -0.384. The molecule has 150 valence electrons. The number of amides is 1. The highest BCUT2D eigenvalue weighted by Crippen LogP contribution is 2.37. The number of benzene rings is 1. The van der Waals surface area contributed by atoms with Crippen molar-refractivity contribution in [2.75, 3.05) is 13.2 Å². The summed E-state index contributed by atoms with van der Waals surface area (Å²) in [6.45, 7) is 0.993. The summed E-state index contributed by atoms with van der Waals surface area (Å²) in [5.74, 6) is -0.0864. The van der Waals surface area contributed by atoms with Crippen LogP contribution in [0.25, 0.3) is 17.4 Å². The number of nitrogens with one attached hydrogen (secondary N) is 1. The molecule has 1 atom stereocenters. The molecular formula is C19H15Cl2N3O5.